The average Bonchev–Trinajstić information content (AvgIpc) is 1.96. The Morgan fingerprint density at radius 1 is 1.46 bits per heavy atom. The first-order chi connectivity index (χ1) is 5.75. The molecule has 0 aliphatic carbocycles. The van der Waals surface area contributed by atoms with E-state index >= 15 is 0 Å². The number of rotatable bonds is 3. The van der Waals surface area contributed by atoms with Crippen LogP contribution in [0.2, 0.25) is 0 Å². The van der Waals surface area contributed by atoms with E-state index in [2.05, 4.69) is 25.7 Å². The van der Waals surface area contributed by atoms with Crippen molar-refractivity contribution in [1.82, 2.24) is 4.90 Å². The monoisotopic (exact) mass is 187 g/mol. The maximum atomic E-state index is 10.6. The molecule has 0 aliphatic rings. The maximum absolute atomic E-state index is 10.6. The Labute approximate surface area is 81.1 Å². The van der Waals surface area contributed by atoms with Gasteiger partial charge in [0.05, 0.1) is 0 Å². The molecule has 0 saturated carbocycles. The van der Waals surface area contributed by atoms with E-state index in [1.165, 1.54) is 6.92 Å². The zero-order valence-electron chi connectivity index (χ0n) is 9.55. The minimum absolute atomic E-state index is 0.111. The van der Waals surface area contributed by atoms with Crippen LogP contribution in [0.4, 0.5) is 0 Å². The second kappa shape index (κ2) is 4.61. The highest BCUT2D eigenvalue weighted by Crippen LogP contribution is 2.13. The fourth-order valence-corrected chi connectivity index (χ4v) is 1.01. The number of hydrogen-bond donors (Lipinski definition) is 0. The van der Waals surface area contributed by atoms with Crippen LogP contribution in [0.3, 0.4) is 0 Å². The summed E-state index contributed by atoms with van der Waals surface area (Å²) in [6, 6.07) is 0.254. The summed E-state index contributed by atoms with van der Waals surface area (Å²) >= 11 is 0. The molecular formula is C10H21NO2. The van der Waals surface area contributed by atoms with E-state index in [4.69, 9.17) is 4.74 Å². The summed E-state index contributed by atoms with van der Waals surface area (Å²) in [7, 11) is 2.04. The summed E-state index contributed by atoms with van der Waals surface area (Å²) in [6.45, 7) is 10.4. The Bertz CT molecular complexity index is 172. The van der Waals surface area contributed by atoms with Crippen LogP contribution in [0.1, 0.15) is 34.6 Å². The van der Waals surface area contributed by atoms with Crippen LogP contribution in [-0.2, 0) is 9.53 Å². The first-order valence-corrected chi connectivity index (χ1v) is 4.61. The summed E-state index contributed by atoms with van der Waals surface area (Å²) in [5, 5.41) is 0. The van der Waals surface area contributed by atoms with Crippen molar-refractivity contribution in [2.45, 2.75) is 46.2 Å². The van der Waals surface area contributed by atoms with E-state index in [-0.39, 0.29) is 17.6 Å². The van der Waals surface area contributed by atoms with Gasteiger partial charge in [0.25, 0.3) is 0 Å². The lowest BCUT2D eigenvalue weighted by Crippen LogP contribution is -2.46. The molecule has 0 saturated heterocycles. The number of likely N-dealkylation sites (N-methyl/N-ethyl adjacent to an activating group) is 1. The van der Waals surface area contributed by atoms with Gasteiger partial charge in [-0.3, -0.25) is 9.69 Å². The maximum Gasteiger partial charge on any atom is 0.302 e. The van der Waals surface area contributed by atoms with Gasteiger partial charge in [0.2, 0.25) is 0 Å². The van der Waals surface area contributed by atoms with E-state index in [0.29, 0.717) is 6.61 Å². The smallest absolute Gasteiger partial charge is 0.302 e. The Balaban J connectivity index is 3.97. The predicted octanol–water partition coefficient (Wildman–Crippen LogP) is 1.67. The molecule has 0 aliphatic heterocycles. The minimum atomic E-state index is -0.214. The topological polar surface area (TPSA) is 29.5 Å². The number of esters is 1. The van der Waals surface area contributed by atoms with Crippen LogP contribution in [-0.4, -0.2) is 36.1 Å². The number of nitrogens with zero attached hydrogens (tertiary/aromatic N) is 1. The van der Waals surface area contributed by atoms with Gasteiger partial charge in [0, 0.05) is 18.5 Å². The molecule has 0 aromatic heterocycles. The molecular weight excluding hydrogens is 166 g/mol. The number of carbonyl (C=O) groups excluding carboxylic acids is 1. The molecule has 0 unspecified atom stereocenters. The first kappa shape index (κ1) is 12.4. The van der Waals surface area contributed by atoms with E-state index < -0.39 is 0 Å². The summed E-state index contributed by atoms with van der Waals surface area (Å²) in [5.74, 6) is -0.214. The number of hydrogen-bond acceptors (Lipinski definition) is 3. The van der Waals surface area contributed by atoms with Gasteiger partial charge in [-0.05, 0) is 34.7 Å². The van der Waals surface area contributed by atoms with E-state index in [9.17, 15) is 4.79 Å². The van der Waals surface area contributed by atoms with Gasteiger partial charge >= 0.3 is 5.97 Å². The molecule has 0 spiro atoms. The molecule has 78 valence electrons. The van der Waals surface area contributed by atoms with Gasteiger partial charge in [0.15, 0.2) is 0 Å². The normalized spacial score (nSPS) is 14.4. The molecule has 0 rings (SSSR count). The summed E-state index contributed by atoms with van der Waals surface area (Å²) in [5.41, 5.74) is 0.111. The van der Waals surface area contributed by atoms with Crippen molar-refractivity contribution < 1.29 is 9.53 Å². The Morgan fingerprint density at radius 3 is 2.23 bits per heavy atom. The fraction of sp³-hybridized carbons (Fsp3) is 0.900. The highest BCUT2D eigenvalue weighted by molar-refractivity contribution is 5.65. The molecule has 0 radical (unpaired) electrons. The molecule has 13 heavy (non-hydrogen) atoms. The van der Waals surface area contributed by atoms with Crippen LogP contribution in [0.25, 0.3) is 0 Å². The van der Waals surface area contributed by atoms with Crippen LogP contribution in [0, 0.1) is 0 Å². The van der Waals surface area contributed by atoms with Crippen molar-refractivity contribution in [3.8, 4) is 0 Å². The molecule has 0 bridgehead atoms. The zero-order valence-corrected chi connectivity index (χ0v) is 9.55. The summed E-state index contributed by atoms with van der Waals surface area (Å²) in [4.78, 5) is 12.8. The van der Waals surface area contributed by atoms with Crippen molar-refractivity contribution >= 4 is 5.97 Å². The molecule has 0 aromatic carbocycles. The van der Waals surface area contributed by atoms with E-state index in [1.54, 1.807) is 0 Å². The molecule has 0 amide bonds. The second-order valence-electron chi connectivity index (χ2n) is 4.43. The molecule has 0 fully saturated rings. The molecule has 3 nitrogen and oxygen atoms in total. The second-order valence-corrected chi connectivity index (χ2v) is 4.43. The number of ether oxygens (including phenoxy) is 1. The third kappa shape index (κ3) is 4.88. The van der Waals surface area contributed by atoms with Crippen molar-refractivity contribution in [2.24, 2.45) is 0 Å². The first-order valence-electron chi connectivity index (χ1n) is 4.61. The van der Waals surface area contributed by atoms with Gasteiger partial charge in [-0.1, -0.05) is 0 Å². The van der Waals surface area contributed by atoms with Crippen LogP contribution >= 0.6 is 0 Å². The van der Waals surface area contributed by atoms with Crippen molar-refractivity contribution in [3.63, 3.8) is 0 Å². The molecule has 0 heterocycles. The summed E-state index contributed by atoms with van der Waals surface area (Å²) < 4.78 is 4.94. The van der Waals surface area contributed by atoms with E-state index in [1.807, 2.05) is 14.0 Å². The third-order valence-electron chi connectivity index (χ3n) is 2.25. The molecule has 1 atom stereocenters. The lowest BCUT2D eigenvalue weighted by Gasteiger charge is -2.36. The lowest BCUT2D eigenvalue weighted by atomic mass is 10.1. The fourth-order valence-electron chi connectivity index (χ4n) is 1.01. The van der Waals surface area contributed by atoms with Gasteiger partial charge in [0.1, 0.15) is 6.61 Å². The van der Waals surface area contributed by atoms with Gasteiger partial charge in [-0.15, -0.1) is 0 Å². The van der Waals surface area contributed by atoms with Gasteiger partial charge in [-0.25, -0.2) is 0 Å². The number of carbonyl (C=O) groups is 1. The van der Waals surface area contributed by atoms with E-state index in [0.717, 1.165) is 0 Å². The van der Waals surface area contributed by atoms with Crippen LogP contribution in [0.15, 0.2) is 0 Å². The largest absolute Gasteiger partial charge is 0.464 e. The molecule has 3 heteroatoms. The van der Waals surface area contributed by atoms with Crippen molar-refractivity contribution in [3.05, 3.63) is 0 Å². The highest BCUT2D eigenvalue weighted by atomic mass is 16.5. The van der Waals surface area contributed by atoms with Crippen LogP contribution < -0.4 is 0 Å². The standard InChI is InChI=1S/C10H21NO2/c1-8(7-13-9(2)12)11(6)10(3,4)5/h8H,7H2,1-6H3/t8-/m0/s1. The molecule has 0 N–H and O–H groups in total. The molecule has 0 aromatic rings. The third-order valence-corrected chi connectivity index (χ3v) is 2.25. The van der Waals surface area contributed by atoms with Gasteiger partial charge < -0.3 is 4.74 Å². The van der Waals surface area contributed by atoms with Crippen LogP contribution in [0.5, 0.6) is 0 Å². The van der Waals surface area contributed by atoms with Gasteiger partial charge in [-0.2, -0.15) is 0 Å². The van der Waals surface area contributed by atoms with Crippen molar-refractivity contribution in [1.29, 1.82) is 0 Å². The predicted molar refractivity (Wildman–Crippen MR) is 53.6 cm³/mol. The minimum Gasteiger partial charge on any atom is -0.464 e. The Hall–Kier alpha value is -0.570. The zero-order chi connectivity index (χ0) is 10.6. The lowest BCUT2D eigenvalue weighted by molar-refractivity contribution is -0.143. The quantitative estimate of drug-likeness (QED) is 0.629. The highest BCUT2D eigenvalue weighted by Gasteiger charge is 2.22. The Morgan fingerprint density at radius 2 is 1.92 bits per heavy atom. The average molecular weight is 187 g/mol. The SMILES string of the molecule is CC(=O)OC[C@H](C)N(C)C(C)(C)C. The summed E-state index contributed by atoms with van der Waals surface area (Å²) in [6.07, 6.45) is 0. The van der Waals surface area contributed by atoms with Crippen molar-refractivity contribution in [2.75, 3.05) is 13.7 Å². The Kier molecular flexibility index (Phi) is 4.40.